The van der Waals surface area contributed by atoms with E-state index in [1.54, 1.807) is 0 Å². The average molecular weight is 208 g/mol. The summed E-state index contributed by atoms with van der Waals surface area (Å²) in [4.78, 5) is 0. The van der Waals surface area contributed by atoms with Crippen LogP contribution in [0.3, 0.4) is 0 Å². The smallest absolute Gasteiger partial charge is 0.00645 e. The minimum Gasteiger partial charge on any atom is -0.162 e. The molecule has 0 spiro atoms. The summed E-state index contributed by atoms with van der Waals surface area (Å²) in [6.45, 7) is 4.42. The molecule has 0 heterocycles. The van der Waals surface area contributed by atoms with Crippen molar-refractivity contribution in [2.24, 2.45) is 0 Å². The molecular weight excluding hydrogens is 188 g/mol. The maximum atomic E-state index is 2.27. The van der Waals surface area contributed by atoms with Gasteiger partial charge < -0.3 is 0 Å². The number of hydrogen-bond donors (Lipinski definition) is 0. The molecule has 78 valence electrons. The highest BCUT2D eigenvalue weighted by Crippen LogP contribution is 2.09. The van der Waals surface area contributed by atoms with Gasteiger partial charge in [-0.05, 0) is 41.9 Å². The topological polar surface area (TPSA) is 0 Å². The largest absolute Gasteiger partial charge is 0.162 e. The van der Waals surface area contributed by atoms with Gasteiger partial charge >= 0.3 is 0 Å². The molecule has 0 aliphatic carbocycles. The van der Waals surface area contributed by atoms with Crippen molar-refractivity contribution in [2.75, 3.05) is 11.5 Å². The Morgan fingerprint density at radius 1 is 1.00 bits per heavy atom. The number of benzene rings is 1. The molecule has 0 saturated heterocycles. The van der Waals surface area contributed by atoms with Crippen molar-refractivity contribution >= 4 is 11.8 Å². The van der Waals surface area contributed by atoms with Gasteiger partial charge in [-0.15, -0.1) is 0 Å². The van der Waals surface area contributed by atoms with Crippen molar-refractivity contribution in [1.29, 1.82) is 0 Å². The Morgan fingerprint density at radius 2 is 1.64 bits per heavy atom. The molecule has 0 unspecified atom stereocenters. The molecule has 0 saturated carbocycles. The zero-order chi connectivity index (χ0) is 10.2. The molecule has 1 rings (SSSR count). The van der Waals surface area contributed by atoms with Crippen molar-refractivity contribution < 1.29 is 0 Å². The fourth-order valence-corrected chi connectivity index (χ4v) is 2.10. The zero-order valence-electron chi connectivity index (χ0n) is 9.25. The second-order valence-corrected chi connectivity index (χ2v) is 4.86. The van der Waals surface area contributed by atoms with Gasteiger partial charge in [-0.25, -0.2) is 0 Å². The predicted octanol–water partition coefficient (Wildman–Crippen LogP) is 3.93. The fraction of sp³-hybridized carbons (Fsp3) is 0.538. The molecule has 0 aliphatic rings. The SMILES string of the molecule is CCSCCCc1ccc(CC)cc1. The molecule has 0 fully saturated rings. The van der Waals surface area contributed by atoms with Crippen LogP contribution in [0.15, 0.2) is 24.3 Å². The van der Waals surface area contributed by atoms with Gasteiger partial charge in [0.2, 0.25) is 0 Å². The summed E-state index contributed by atoms with van der Waals surface area (Å²) in [6, 6.07) is 9.05. The number of aryl methyl sites for hydroxylation is 2. The number of hydrogen-bond acceptors (Lipinski definition) is 1. The van der Waals surface area contributed by atoms with E-state index in [1.807, 2.05) is 11.8 Å². The lowest BCUT2D eigenvalue weighted by Gasteiger charge is -2.02. The third-order valence-electron chi connectivity index (χ3n) is 2.39. The normalized spacial score (nSPS) is 10.4. The van der Waals surface area contributed by atoms with Crippen molar-refractivity contribution in [3.05, 3.63) is 35.4 Å². The lowest BCUT2D eigenvalue weighted by molar-refractivity contribution is 0.931. The Balaban J connectivity index is 2.29. The van der Waals surface area contributed by atoms with E-state index in [9.17, 15) is 0 Å². The zero-order valence-corrected chi connectivity index (χ0v) is 10.1. The van der Waals surface area contributed by atoms with Gasteiger partial charge in [-0.1, -0.05) is 38.1 Å². The first kappa shape index (κ1) is 11.6. The first-order valence-corrected chi connectivity index (χ1v) is 6.67. The lowest BCUT2D eigenvalue weighted by atomic mass is 10.1. The van der Waals surface area contributed by atoms with Gasteiger partial charge in [0.25, 0.3) is 0 Å². The summed E-state index contributed by atoms with van der Waals surface area (Å²) < 4.78 is 0. The second-order valence-electron chi connectivity index (χ2n) is 3.47. The highest BCUT2D eigenvalue weighted by molar-refractivity contribution is 7.99. The Kier molecular flexibility index (Phi) is 5.77. The average Bonchev–Trinajstić information content (AvgIpc) is 2.25. The second kappa shape index (κ2) is 6.94. The standard InChI is InChI=1S/C13H20S/c1-3-12-7-9-13(10-8-12)6-5-11-14-4-2/h7-10H,3-6,11H2,1-2H3. The Labute approximate surface area is 92.1 Å². The molecule has 0 aliphatic heterocycles. The van der Waals surface area contributed by atoms with Crippen LogP contribution in [0.2, 0.25) is 0 Å². The van der Waals surface area contributed by atoms with E-state index >= 15 is 0 Å². The van der Waals surface area contributed by atoms with Gasteiger partial charge in [0.15, 0.2) is 0 Å². The van der Waals surface area contributed by atoms with E-state index in [0.717, 1.165) is 6.42 Å². The van der Waals surface area contributed by atoms with E-state index in [0.29, 0.717) is 0 Å². The van der Waals surface area contributed by atoms with Crippen molar-refractivity contribution in [3.8, 4) is 0 Å². The van der Waals surface area contributed by atoms with Gasteiger partial charge in [0, 0.05) is 0 Å². The summed E-state index contributed by atoms with van der Waals surface area (Å²) in [7, 11) is 0. The van der Waals surface area contributed by atoms with E-state index < -0.39 is 0 Å². The summed E-state index contributed by atoms with van der Waals surface area (Å²) in [5, 5.41) is 0. The van der Waals surface area contributed by atoms with Crippen LogP contribution < -0.4 is 0 Å². The molecule has 1 heteroatoms. The van der Waals surface area contributed by atoms with Crippen LogP contribution in [-0.4, -0.2) is 11.5 Å². The first-order chi connectivity index (χ1) is 6.86. The van der Waals surface area contributed by atoms with Crippen molar-refractivity contribution in [1.82, 2.24) is 0 Å². The molecule has 0 N–H and O–H groups in total. The third kappa shape index (κ3) is 4.19. The maximum Gasteiger partial charge on any atom is -0.00645 e. The molecule has 0 amide bonds. The molecular formula is C13H20S. The number of thioether (sulfide) groups is 1. The minimum absolute atomic E-state index is 1.14. The molecule has 1 aromatic rings. The van der Waals surface area contributed by atoms with Crippen molar-refractivity contribution in [3.63, 3.8) is 0 Å². The molecule has 0 bridgehead atoms. The van der Waals surface area contributed by atoms with E-state index in [4.69, 9.17) is 0 Å². The molecule has 1 aromatic carbocycles. The van der Waals surface area contributed by atoms with Crippen LogP contribution in [-0.2, 0) is 12.8 Å². The molecule has 14 heavy (non-hydrogen) atoms. The molecule has 0 atom stereocenters. The Morgan fingerprint density at radius 3 is 2.21 bits per heavy atom. The van der Waals surface area contributed by atoms with E-state index in [2.05, 4.69) is 38.1 Å². The Bertz CT molecular complexity index is 238. The van der Waals surface area contributed by atoms with Crippen LogP contribution in [0.1, 0.15) is 31.4 Å². The summed E-state index contributed by atoms with van der Waals surface area (Å²) >= 11 is 2.04. The quantitative estimate of drug-likeness (QED) is 0.638. The van der Waals surface area contributed by atoms with Crippen LogP contribution >= 0.6 is 11.8 Å². The van der Waals surface area contributed by atoms with Crippen LogP contribution in [0.25, 0.3) is 0 Å². The van der Waals surface area contributed by atoms with Crippen LogP contribution in [0.4, 0.5) is 0 Å². The fourth-order valence-electron chi connectivity index (χ4n) is 1.46. The summed E-state index contributed by atoms with van der Waals surface area (Å²) in [6.07, 6.45) is 3.69. The van der Waals surface area contributed by atoms with Gasteiger partial charge in [0.05, 0.1) is 0 Å². The third-order valence-corrected chi connectivity index (χ3v) is 3.38. The van der Waals surface area contributed by atoms with Crippen molar-refractivity contribution in [2.45, 2.75) is 33.1 Å². The highest BCUT2D eigenvalue weighted by atomic mass is 32.2. The van der Waals surface area contributed by atoms with Gasteiger partial charge in [0.1, 0.15) is 0 Å². The predicted molar refractivity (Wildman–Crippen MR) is 67.1 cm³/mol. The monoisotopic (exact) mass is 208 g/mol. The van der Waals surface area contributed by atoms with Gasteiger partial charge in [-0.2, -0.15) is 11.8 Å². The minimum atomic E-state index is 1.14. The van der Waals surface area contributed by atoms with Crippen LogP contribution in [0, 0.1) is 0 Å². The molecule has 0 nitrogen and oxygen atoms in total. The first-order valence-electron chi connectivity index (χ1n) is 5.52. The summed E-state index contributed by atoms with van der Waals surface area (Å²) in [5.41, 5.74) is 2.93. The lowest BCUT2D eigenvalue weighted by Crippen LogP contribution is -1.89. The Hall–Kier alpha value is -0.430. The highest BCUT2D eigenvalue weighted by Gasteiger charge is 1.93. The molecule has 0 aromatic heterocycles. The van der Waals surface area contributed by atoms with E-state index in [1.165, 1.54) is 35.5 Å². The van der Waals surface area contributed by atoms with E-state index in [-0.39, 0.29) is 0 Å². The number of rotatable bonds is 6. The van der Waals surface area contributed by atoms with Crippen LogP contribution in [0.5, 0.6) is 0 Å². The maximum absolute atomic E-state index is 2.27. The molecule has 0 radical (unpaired) electrons. The summed E-state index contributed by atoms with van der Waals surface area (Å²) in [5.74, 6) is 2.54. The van der Waals surface area contributed by atoms with Gasteiger partial charge in [-0.3, -0.25) is 0 Å².